The Balaban J connectivity index is 2.37. The summed E-state index contributed by atoms with van der Waals surface area (Å²) in [5.41, 5.74) is 0.313. The number of fused-ring (bicyclic) bond motifs is 1. The summed E-state index contributed by atoms with van der Waals surface area (Å²) in [6.07, 6.45) is -0.932. The third kappa shape index (κ3) is 3.22. The van der Waals surface area contributed by atoms with Crippen molar-refractivity contribution in [3.05, 3.63) is 25.3 Å². The fourth-order valence-electron chi connectivity index (χ4n) is 1.26. The van der Waals surface area contributed by atoms with Crippen molar-refractivity contribution in [3.63, 3.8) is 0 Å². The SMILES string of the molecule is O=C(OCCCl)Oc1c(Cl)cc2oc(=O)sc2c1Br. The molecule has 0 atom stereocenters. The molecule has 0 aliphatic heterocycles. The first-order valence-electron chi connectivity index (χ1n) is 4.85. The predicted molar refractivity (Wildman–Crippen MR) is 75.8 cm³/mol. The van der Waals surface area contributed by atoms with Gasteiger partial charge in [-0.15, -0.1) is 11.6 Å². The van der Waals surface area contributed by atoms with Crippen LogP contribution in [0.4, 0.5) is 4.79 Å². The van der Waals surface area contributed by atoms with Crippen LogP contribution in [0.1, 0.15) is 0 Å². The number of alkyl halides is 1. The Kier molecular flexibility index (Phi) is 4.72. The first-order valence-corrected chi connectivity index (χ1v) is 7.37. The Morgan fingerprint density at radius 2 is 2.26 bits per heavy atom. The molecule has 1 heterocycles. The van der Waals surface area contributed by atoms with Gasteiger partial charge in [0.05, 0.1) is 20.1 Å². The summed E-state index contributed by atoms with van der Waals surface area (Å²) in [5.74, 6) is 0.220. The van der Waals surface area contributed by atoms with E-state index in [1.54, 1.807) is 0 Å². The van der Waals surface area contributed by atoms with Crippen LogP contribution in [0.3, 0.4) is 0 Å². The molecule has 0 amide bonds. The molecular formula is C10H5BrCl2O5S. The van der Waals surface area contributed by atoms with Crippen molar-refractivity contribution in [1.29, 1.82) is 0 Å². The van der Waals surface area contributed by atoms with E-state index in [0.717, 1.165) is 11.3 Å². The van der Waals surface area contributed by atoms with E-state index in [0.29, 0.717) is 14.8 Å². The summed E-state index contributed by atoms with van der Waals surface area (Å²) in [4.78, 5) is 22.0. The van der Waals surface area contributed by atoms with E-state index in [-0.39, 0.29) is 23.3 Å². The molecule has 0 radical (unpaired) electrons. The molecule has 0 saturated carbocycles. The molecule has 0 bridgehead atoms. The monoisotopic (exact) mass is 386 g/mol. The van der Waals surface area contributed by atoms with Crippen LogP contribution in [0.2, 0.25) is 5.02 Å². The second kappa shape index (κ2) is 6.13. The standard InChI is InChI=1S/C10H5BrCl2O5S/c11-6-7(18-9(14)16-2-1-12)4(13)3-5-8(6)19-10(15)17-5/h3H,1-2H2. The summed E-state index contributed by atoms with van der Waals surface area (Å²) < 4.78 is 15.4. The molecule has 0 aliphatic rings. The normalized spacial score (nSPS) is 10.7. The zero-order chi connectivity index (χ0) is 14.0. The van der Waals surface area contributed by atoms with E-state index in [2.05, 4.69) is 20.7 Å². The number of halogens is 3. The van der Waals surface area contributed by atoms with Gasteiger partial charge in [-0.05, 0) is 15.9 Å². The van der Waals surface area contributed by atoms with Gasteiger partial charge in [-0.3, -0.25) is 0 Å². The van der Waals surface area contributed by atoms with Crippen molar-refractivity contribution < 1.29 is 18.7 Å². The van der Waals surface area contributed by atoms with Crippen LogP contribution in [0, 0.1) is 0 Å². The van der Waals surface area contributed by atoms with E-state index in [1.165, 1.54) is 6.07 Å². The Morgan fingerprint density at radius 1 is 1.53 bits per heavy atom. The number of carbonyl (C=O) groups is 1. The molecule has 0 saturated heterocycles. The molecule has 0 unspecified atom stereocenters. The van der Waals surface area contributed by atoms with Gasteiger partial charge in [0.25, 0.3) is 0 Å². The molecule has 0 N–H and O–H groups in total. The van der Waals surface area contributed by atoms with Gasteiger partial charge < -0.3 is 13.9 Å². The Hall–Kier alpha value is -0.760. The van der Waals surface area contributed by atoms with E-state index < -0.39 is 11.1 Å². The predicted octanol–water partition coefficient (Wildman–Crippen LogP) is 4.02. The maximum Gasteiger partial charge on any atom is 0.513 e. The van der Waals surface area contributed by atoms with E-state index in [4.69, 9.17) is 32.4 Å². The average Bonchev–Trinajstić information content (AvgIpc) is 2.72. The van der Waals surface area contributed by atoms with Crippen molar-refractivity contribution in [2.75, 3.05) is 12.5 Å². The Bertz CT molecular complexity index is 680. The van der Waals surface area contributed by atoms with Gasteiger partial charge >= 0.3 is 11.1 Å². The lowest BCUT2D eigenvalue weighted by atomic mass is 10.3. The first kappa shape index (κ1) is 14.6. The van der Waals surface area contributed by atoms with Crippen molar-refractivity contribution in [3.8, 4) is 5.75 Å². The molecule has 2 aromatic rings. The molecular weight excluding hydrogens is 383 g/mol. The summed E-state index contributed by atoms with van der Waals surface area (Å²) in [6, 6.07) is 1.39. The van der Waals surface area contributed by atoms with Crippen LogP contribution in [-0.4, -0.2) is 18.6 Å². The van der Waals surface area contributed by atoms with Crippen molar-refractivity contribution in [2.24, 2.45) is 0 Å². The van der Waals surface area contributed by atoms with Gasteiger partial charge in [-0.1, -0.05) is 22.9 Å². The van der Waals surface area contributed by atoms with Gasteiger partial charge in [-0.2, -0.15) is 0 Å². The zero-order valence-electron chi connectivity index (χ0n) is 9.07. The molecule has 1 aromatic carbocycles. The summed E-state index contributed by atoms with van der Waals surface area (Å²) in [6.45, 7) is 0.0247. The van der Waals surface area contributed by atoms with Crippen molar-refractivity contribution >= 4 is 66.9 Å². The second-order valence-electron chi connectivity index (χ2n) is 3.17. The van der Waals surface area contributed by atoms with E-state index >= 15 is 0 Å². The third-order valence-corrected chi connectivity index (χ3v) is 4.27. The molecule has 1 aromatic heterocycles. The van der Waals surface area contributed by atoms with Gasteiger partial charge in [0.2, 0.25) is 0 Å². The molecule has 19 heavy (non-hydrogen) atoms. The number of carbonyl (C=O) groups excluding carboxylic acids is 1. The molecule has 9 heteroatoms. The van der Waals surface area contributed by atoms with Crippen LogP contribution in [0.15, 0.2) is 19.8 Å². The molecule has 2 rings (SSSR count). The van der Waals surface area contributed by atoms with Crippen molar-refractivity contribution in [2.45, 2.75) is 0 Å². The highest BCUT2D eigenvalue weighted by Gasteiger charge is 2.19. The number of hydrogen-bond acceptors (Lipinski definition) is 6. The highest BCUT2D eigenvalue weighted by Crippen LogP contribution is 2.40. The van der Waals surface area contributed by atoms with Gasteiger partial charge in [0.15, 0.2) is 11.3 Å². The Labute approximate surface area is 129 Å². The van der Waals surface area contributed by atoms with Gasteiger partial charge in [-0.25, -0.2) is 9.59 Å². The largest absolute Gasteiger partial charge is 0.513 e. The lowest BCUT2D eigenvalue weighted by Crippen LogP contribution is -2.12. The maximum atomic E-state index is 11.4. The molecule has 0 aliphatic carbocycles. The van der Waals surface area contributed by atoms with Gasteiger partial charge in [0.1, 0.15) is 6.61 Å². The van der Waals surface area contributed by atoms with E-state index in [1.807, 2.05) is 0 Å². The van der Waals surface area contributed by atoms with E-state index in [9.17, 15) is 9.59 Å². The van der Waals surface area contributed by atoms with Crippen LogP contribution >= 0.6 is 50.5 Å². The first-order chi connectivity index (χ1) is 9.02. The fraction of sp³-hybridized carbons (Fsp3) is 0.200. The summed E-state index contributed by atoms with van der Waals surface area (Å²) in [7, 11) is 0. The third-order valence-electron chi connectivity index (χ3n) is 1.96. The smallest absolute Gasteiger partial charge is 0.433 e. The number of benzene rings is 1. The topological polar surface area (TPSA) is 65.7 Å². The maximum absolute atomic E-state index is 11.4. The number of rotatable bonds is 3. The lowest BCUT2D eigenvalue weighted by Gasteiger charge is -2.08. The summed E-state index contributed by atoms with van der Waals surface area (Å²) in [5, 5.41) is 0.115. The molecule has 0 spiro atoms. The van der Waals surface area contributed by atoms with Gasteiger partial charge in [0, 0.05) is 6.07 Å². The quantitative estimate of drug-likeness (QED) is 0.452. The average molecular weight is 388 g/mol. The molecule has 5 nitrogen and oxygen atoms in total. The zero-order valence-corrected chi connectivity index (χ0v) is 13.0. The molecule has 0 fully saturated rings. The minimum atomic E-state index is -0.932. The minimum absolute atomic E-state index is 0.0247. The Morgan fingerprint density at radius 3 is 2.95 bits per heavy atom. The summed E-state index contributed by atoms with van der Waals surface area (Å²) >= 11 is 15.4. The highest BCUT2D eigenvalue weighted by molar-refractivity contribution is 9.10. The van der Waals surface area contributed by atoms with Crippen molar-refractivity contribution in [1.82, 2.24) is 0 Å². The fourth-order valence-corrected chi connectivity index (χ4v) is 3.09. The number of ether oxygens (including phenoxy) is 2. The van der Waals surface area contributed by atoms with Crippen LogP contribution < -0.4 is 9.68 Å². The van der Waals surface area contributed by atoms with Crippen LogP contribution in [0.25, 0.3) is 10.3 Å². The lowest BCUT2D eigenvalue weighted by molar-refractivity contribution is 0.105. The highest BCUT2D eigenvalue weighted by atomic mass is 79.9. The second-order valence-corrected chi connectivity index (χ2v) is 5.70. The minimum Gasteiger partial charge on any atom is -0.433 e. The number of hydrogen-bond donors (Lipinski definition) is 0. The molecule has 102 valence electrons. The van der Waals surface area contributed by atoms with Crippen LogP contribution in [-0.2, 0) is 4.74 Å². The van der Waals surface area contributed by atoms with Crippen LogP contribution in [0.5, 0.6) is 5.75 Å².